The summed E-state index contributed by atoms with van der Waals surface area (Å²) in [5.41, 5.74) is 6.67. The van der Waals surface area contributed by atoms with Gasteiger partial charge in [-0.05, 0) is 19.3 Å². The number of hydrogen-bond acceptors (Lipinski definition) is 1. The molecule has 1 aliphatic rings. The van der Waals surface area contributed by atoms with Gasteiger partial charge in [0.25, 0.3) is 0 Å². The molecule has 2 N–H and O–H groups in total. The molecule has 0 unspecified atom stereocenters. The van der Waals surface area contributed by atoms with Crippen molar-refractivity contribution >= 4 is 0 Å². The summed E-state index contributed by atoms with van der Waals surface area (Å²) in [6, 6.07) is 0. The van der Waals surface area contributed by atoms with Crippen LogP contribution in [0.15, 0.2) is 0 Å². The third-order valence-electron chi connectivity index (χ3n) is 3.63. The summed E-state index contributed by atoms with van der Waals surface area (Å²) in [6.45, 7) is 2.27. The van der Waals surface area contributed by atoms with E-state index in [1.807, 2.05) is 0 Å². The molecule has 0 heterocycles. The lowest BCUT2D eigenvalue weighted by Gasteiger charge is -2.31. The van der Waals surface area contributed by atoms with Gasteiger partial charge in [-0.2, -0.15) is 0 Å². The summed E-state index contributed by atoms with van der Waals surface area (Å²) in [5.74, 6) is 0. The average molecular weight is 197 g/mol. The van der Waals surface area contributed by atoms with Crippen LogP contribution in [0.3, 0.4) is 0 Å². The molecule has 1 fully saturated rings. The van der Waals surface area contributed by atoms with Gasteiger partial charge in [-0.15, -0.1) is 0 Å². The highest BCUT2D eigenvalue weighted by Gasteiger charge is 2.24. The Morgan fingerprint density at radius 2 is 1.50 bits per heavy atom. The quantitative estimate of drug-likeness (QED) is 0.677. The molecule has 1 nitrogen and oxygen atoms in total. The predicted molar refractivity (Wildman–Crippen MR) is 63.4 cm³/mol. The van der Waals surface area contributed by atoms with Crippen molar-refractivity contribution in [3.8, 4) is 0 Å². The molecule has 0 spiro atoms. The molecule has 1 heteroatoms. The van der Waals surface area contributed by atoms with Gasteiger partial charge in [0.2, 0.25) is 0 Å². The van der Waals surface area contributed by atoms with E-state index in [1.165, 1.54) is 70.6 Å². The average Bonchev–Trinajstić information content (AvgIpc) is 2.13. The number of unbranched alkanes of at least 4 members (excludes halogenated alkanes) is 2. The van der Waals surface area contributed by atoms with Crippen LogP contribution in [0.25, 0.3) is 0 Å². The van der Waals surface area contributed by atoms with Crippen molar-refractivity contribution in [2.75, 3.05) is 0 Å². The lowest BCUT2D eigenvalue weighted by atomic mass is 9.81. The van der Waals surface area contributed by atoms with Crippen molar-refractivity contribution in [3.63, 3.8) is 0 Å². The number of rotatable bonds is 4. The van der Waals surface area contributed by atoms with Crippen LogP contribution in [0.4, 0.5) is 0 Å². The summed E-state index contributed by atoms with van der Waals surface area (Å²) in [5, 5.41) is 0. The summed E-state index contributed by atoms with van der Waals surface area (Å²) in [7, 11) is 0. The van der Waals surface area contributed by atoms with Gasteiger partial charge in [0.05, 0.1) is 0 Å². The van der Waals surface area contributed by atoms with E-state index >= 15 is 0 Å². The highest BCUT2D eigenvalue weighted by Crippen LogP contribution is 2.28. The van der Waals surface area contributed by atoms with Crippen molar-refractivity contribution in [2.45, 2.75) is 83.1 Å². The fraction of sp³-hybridized carbons (Fsp3) is 1.00. The van der Waals surface area contributed by atoms with Crippen LogP contribution in [0.1, 0.15) is 77.6 Å². The minimum atomic E-state index is 0.204. The first kappa shape index (κ1) is 12.0. The SMILES string of the molecule is CCCCCC1(N)CCCCCCC1. The van der Waals surface area contributed by atoms with Gasteiger partial charge in [0.15, 0.2) is 0 Å². The van der Waals surface area contributed by atoms with Gasteiger partial charge >= 0.3 is 0 Å². The maximum absolute atomic E-state index is 6.47. The Morgan fingerprint density at radius 3 is 2.07 bits per heavy atom. The van der Waals surface area contributed by atoms with E-state index in [9.17, 15) is 0 Å². The molecule has 0 aromatic heterocycles. The van der Waals surface area contributed by atoms with Gasteiger partial charge in [0.1, 0.15) is 0 Å². The Balaban J connectivity index is 2.27. The Morgan fingerprint density at radius 1 is 0.929 bits per heavy atom. The van der Waals surface area contributed by atoms with Crippen molar-refractivity contribution in [1.82, 2.24) is 0 Å². The van der Waals surface area contributed by atoms with E-state index in [0.717, 1.165) is 0 Å². The van der Waals surface area contributed by atoms with Crippen LogP contribution >= 0.6 is 0 Å². The monoisotopic (exact) mass is 197 g/mol. The summed E-state index contributed by atoms with van der Waals surface area (Å²) < 4.78 is 0. The fourth-order valence-corrected chi connectivity index (χ4v) is 2.59. The van der Waals surface area contributed by atoms with Crippen LogP contribution in [-0.2, 0) is 0 Å². The van der Waals surface area contributed by atoms with E-state index < -0.39 is 0 Å². The van der Waals surface area contributed by atoms with Crippen LogP contribution in [0.5, 0.6) is 0 Å². The summed E-state index contributed by atoms with van der Waals surface area (Å²) in [6.07, 6.45) is 14.8. The molecule has 0 atom stereocenters. The lowest BCUT2D eigenvalue weighted by molar-refractivity contribution is 0.289. The largest absolute Gasteiger partial charge is 0.325 e. The van der Waals surface area contributed by atoms with Gasteiger partial charge in [-0.3, -0.25) is 0 Å². The van der Waals surface area contributed by atoms with Crippen molar-refractivity contribution in [2.24, 2.45) is 5.73 Å². The Hall–Kier alpha value is -0.0400. The molecule has 0 bridgehead atoms. The molecular weight excluding hydrogens is 170 g/mol. The molecule has 1 aliphatic carbocycles. The predicted octanol–water partition coefficient (Wildman–Crippen LogP) is 4.01. The van der Waals surface area contributed by atoms with Crippen LogP contribution in [0.2, 0.25) is 0 Å². The molecule has 1 rings (SSSR count). The lowest BCUT2D eigenvalue weighted by Crippen LogP contribution is -2.40. The van der Waals surface area contributed by atoms with Crippen molar-refractivity contribution in [3.05, 3.63) is 0 Å². The zero-order chi connectivity index (χ0) is 10.3. The Kier molecular flexibility index (Phi) is 5.54. The zero-order valence-corrected chi connectivity index (χ0v) is 9.86. The molecule has 0 aromatic rings. The molecule has 0 amide bonds. The van der Waals surface area contributed by atoms with Crippen LogP contribution in [0, 0.1) is 0 Å². The highest BCUT2D eigenvalue weighted by atomic mass is 14.7. The first-order chi connectivity index (χ1) is 6.77. The van der Waals surface area contributed by atoms with E-state index in [0.29, 0.717) is 0 Å². The third kappa shape index (κ3) is 4.45. The summed E-state index contributed by atoms with van der Waals surface area (Å²) in [4.78, 5) is 0. The van der Waals surface area contributed by atoms with E-state index in [4.69, 9.17) is 5.73 Å². The molecule has 0 radical (unpaired) electrons. The molecule has 0 aliphatic heterocycles. The first-order valence-corrected chi connectivity index (χ1v) is 6.56. The smallest absolute Gasteiger partial charge is 0.0154 e. The van der Waals surface area contributed by atoms with Crippen molar-refractivity contribution in [1.29, 1.82) is 0 Å². The summed E-state index contributed by atoms with van der Waals surface area (Å²) >= 11 is 0. The molecule has 0 saturated heterocycles. The molecule has 0 aromatic carbocycles. The standard InChI is InChI=1S/C13H27N/c1-2-3-7-10-13(14)11-8-5-4-6-9-12-13/h2-12,14H2,1H3. The van der Waals surface area contributed by atoms with Gasteiger partial charge < -0.3 is 5.73 Å². The minimum Gasteiger partial charge on any atom is -0.325 e. The molecular formula is C13H27N. The Bertz CT molecular complexity index is 134. The van der Waals surface area contributed by atoms with Crippen molar-refractivity contribution < 1.29 is 0 Å². The van der Waals surface area contributed by atoms with Crippen LogP contribution in [-0.4, -0.2) is 5.54 Å². The van der Waals surface area contributed by atoms with E-state index in [1.54, 1.807) is 0 Å². The topological polar surface area (TPSA) is 26.0 Å². The van der Waals surface area contributed by atoms with E-state index in [2.05, 4.69) is 6.92 Å². The van der Waals surface area contributed by atoms with Crippen LogP contribution < -0.4 is 5.73 Å². The van der Waals surface area contributed by atoms with Gasteiger partial charge in [-0.25, -0.2) is 0 Å². The maximum Gasteiger partial charge on any atom is 0.0154 e. The molecule has 84 valence electrons. The molecule has 1 saturated carbocycles. The number of nitrogens with two attached hydrogens (primary N) is 1. The normalized spacial score (nSPS) is 22.7. The highest BCUT2D eigenvalue weighted by molar-refractivity contribution is 4.84. The van der Waals surface area contributed by atoms with Gasteiger partial charge in [0, 0.05) is 5.54 Å². The zero-order valence-electron chi connectivity index (χ0n) is 9.86. The van der Waals surface area contributed by atoms with E-state index in [-0.39, 0.29) is 5.54 Å². The third-order valence-corrected chi connectivity index (χ3v) is 3.63. The Labute approximate surface area is 89.5 Å². The minimum absolute atomic E-state index is 0.204. The second kappa shape index (κ2) is 6.44. The first-order valence-electron chi connectivity index (χ1n) is 6.56. The fourth-order valence-electron chi connectivity index (χ4n) is 2.59. The number of hydrogen-bond donors (Lipinski definition) is 1. The second-order valence-corrected chi connectivity index (χ2v) is 5.09. The van der Waals surface area contributed by atoms with Gasteiger partial charge in [-0.1, -0.05) is 58.3 Å². The second-order valence-electron chi connectivity index (χ2n) is 5.09. The maximum atomic E-state index is 6.47. The molecule has 14 heavy (non-hydrogen) atoms.